The van der Waals surface area contributed by atoms with Crippen molar-refractivity contribution in [3.63, 3.8) is 0 Å². The summed E-state index contributed by atoms with van der Waals surface area (Å²) in [5, 5.41) is 13.6. The van der Waals surface area contributed by atoms with E-state index >= 15 is 0 Å². The Bertz CT molecular complexity index is 424. The van der Waals surface area contributed by atoms with E-state index in [2.05, 4.69) is 5.32 Å². The molecule has 1 rings (SSSR count). The Morgan fingerprint density at radius 3 is 2.35 bits per heavy atom. The number of aliphatic hydroxyl groups is 1. The number of halogens is 2. The standard InChI is InChI=1S/C15H24F2N2O/c1-10(2)14(18-7-8-19(3)4)15(20)11-5-6-12(16)13(17)9-11/h5-6,9-10,14-15,18,20H,7-8H2,1-4H3. The van der Waals surface area contributed by atoms with Crippen LogP contribution in [0.2, 0.25) is 0 Å². The fraction of sp³-hybridized carbons (Fsp3) is 0.600. The van der Waals surface area contributed by atoms with Gasteiger partial charge in [-0.15, -0.1) is 0 Å². The zero-order chi connectivity index (χ0) is 15.3. The second-order valence-electron chi connectivity index (χ2n) is 5.65. The Morgan fingerprint density at radius 1 is 1.20 bits per heavy atom. The fourth-order valence-corrected chi connectivity index (χ4v) is 2.07. The molecule has 3 nitrogen and oxygen atoms in total. The summed E-state index contributed by atoms with van der Waals surface area (Å²) >= 11 is 0. The van der Waals surface area contributed by atoms with Crippen LogP contribution in [0.4, 0.5) is 8.78 Å². The summed E-state index contributed by atoms with van der Waals surface area (Å²) in [6.07, 6.45) is -0.868. The largest absolute Gasteiger partial charge is 0.387 e. The van der Waals surface area contributed by atoms with Gasteiger partial charge in [-0.25, -0.2) is 8.78 Å². The molecule has 0 aliphatic heterocycles. The molecule has 1 aromatic rings. The molecule has 0 saturated carbocycles. The topological polar surface area (TPSA) is 35.5 Å². The highest BCUT2D eigenvalue weighted by Gasteiger charge is 2.24. The minimum atomic E-state index is -0.933. The molecule has 5 heteroatoms. The van der Waals surface area contributed by atoms with E-state index in [0.29, 0.717) is 5.56 Å². The number of aliphatic hydroxyl groups excluding tert-OH is 1. The molecule has 0 amide bonds. The lowest BCUT2D eigenvalue weighted by molar-refractivity contribution is 0.104. The Hall–Kier alpha value is -1.04. The lowest BCUT2D eigenvalue weighted by Crippen LogP contribution is -2.42. The Morgan fingerprint density at radius 2 is 1.85 bits per heavy atom. The van der Waals surface area contributed by atoms with Gasteiger partial charge in [0.25, 0.3) is 0 Å². The molecule has 2 N–H and O–H groups in total. The summed E-state index contributed by atoms with van der Waals surface area (Å²) in [5.41, 5.74) is 0.389. The molecule has 0 aromatic heterocycles. The third-order valence-corrected chi connectivity index (χ3v) is 3.28. The minimum Gasteiger partial charge on any atom is -0.387 e. The van der Waals surface area contributed by atoms with Crippen molar-refractivity contribution in [2.24, 2.45) is 5.92 Å². The maximum absolute atomic E-state index is 13.2. The van der Waals surface area contributed by atoms with Gasteiger partial charge in [-0.1, -0.05) is 19.9 Å². The summed E-state index contributed by atoms with van der Waals surface area (Å²) in [4.78, 5) is 2.04. The van der Waals surface area contributed by atoms with E-state index in [0.717, 1.165) is 25.2 Å². The molecule has 0 bridgehead atoms. The molecule has 2 atom stereocenters. The van der Waals surface area contributed by atoms with Crippen LogP contribution in [0.5, 0.6) is 0 Å². The minimum absolute atomic E-state index is 0.167. The monoisotopic (exact) mass is 286 g/mol. The molecule has 0 saturated heterocycles. The molecular formula is C15H24F2N2O. The van der Waals surface area contributed by atoms with E-state index < -0.39 is 17.7 Å². The van der Waals surface area contributed by atoms with Crippen LogP contribution in [-0.2, 0) is 0 Å². The van der Waals surface area contributed by atoms with Crippen molar-refractivity contribution in [3.05, 3.63) is 35.4 Å². The number of hydrogen-bond donors (Lipinski definition) is 2. The second kappa shape index (κ2) is 7.67. The van der Waals surface area contributed by atoms with E-state index in [1.165, 1.54) is 6.07 Å². The van der Waals surface area contributed by atoms with E-state index in [-0.39, 0.29) is 12.0 Å². The van der Waals surface area contributed by atoms with Gasteiger partial charge in [-0.05, 0) is 37.7 Å². The van der Waals surface area contributed by atoms with Crippen LogP contribution in [-0.4, -0.2) is 43.2 Å². The van der Waals surface area contributed by atoms with Crippen LogP contribution in [0.1, 0.15) is 25.5 Å². The molecule has 0 aliphatic rings. The van der Waals surface area contributed by atoms with Crippen molar-refractivity contribution in [3.8, 4) is 0 Å². The van der Waals surface area contributed by atoms with Gasteiger partial charge in [0.1, 0.15) is 0 Å². The van der Waals surface area contributed by atoms with Crippen LogP contribution in [0.3, 0.4) is 0 Å². The Balaban J connectivity index is 2.77. The van der Waals surface area contributed by atoms with Crippen molar-refractivity contribution in [2.45, 2.75) is 26.0 Å². The van der Waals surface area contributed by atoms with Gasteiger partial charge in [-0.2, -0.15) is 0 Å². The van der Waals surface area contributed by atoms with E-state index in [1.54, 1.807) is 0 Å². The van der Waals surface area contributed by atoms with Crippen molar-refractivity contribution >= 4 is 0 Å². The maximum atomic E-state index is 13.2. The molecule has 2 unspecified atom stereocenters. The summed E-state index contributed by atoms with van der Waals surface area (Å²) in [6, 6.07) is 3.32. The molecule has 1 aromatic carbocycles. The third-order valence-electron chi connectivity index (χ3n) is 3.28. The quantitative estimate of drug-likeness (QED) is 0.806. The van der Waals surface area contributed by atoms with Crippen molar-refractivity contribution in [2.75, 3.05) is 27.2 Å². The first-order chi connectivity index (χ1) is 9.32. The van der Waals surface area contributed by atoms with Crippen LogP contribution in [0.25, 0.3) is 0 Å². The summed E-state index contributed by atoms with van der Waals surface area (Å²) < 4.78 is 26.2. The number of hydrogen-bond acceptors (Lipinski definition) is 3. The van der Waals surface area contributed by atoms with Gasteiger partial charge in [-0.3, -0.25) is 0 Å². The summed E-state index contributed by atoms with van der Waals surface area (Å²) in [5.74, 6) is -1.67. The van der Waals surface area contributed by atoms with Gasteiger partial charge in [0.2, 0.25) is 0 Å². The van der Waals surface area contributed by atoms with E-state index in [4.69, 9.17) is 0 Å². The van der Waals surface area contributed by atoms with Gasteiger partial charge in [0.15, 0.2) is 11.6 Å². The van der Waals surface area contributed by atoms with Crippen molar-refractivity contribution < 1.29 is 13.9 Å². The molecule has 0 radical (unpaired) electrons. The molecule has 0 aliphatic carbocycles. The number of nitrogens with one attached hydrogen (secondary N) is 1. The molecule has 0 spiro atoms. The Labute approximate surface area is 119 Å². The first kappa shape index (κ1) is 17.0. The van der Waals surface area contributed by atoms with Crippen LogP contribution in [0.15, 0.2) is 18.2 Å². The van der Waals surface area contributed by atoms with Crippen molar-refractivity contribution in [1.29, 1.82) is 0 Å². The van der Waals surface area contributed by atoms with Gasteiger partial charge >= 0.3 is 0 Å². The second-order valence-corrected chi connectivity index (χ2v) is 5.65. The first-order valence-corrected chi connectivity index (χ1v) is 6.84. The highest BCUT2D eigenvalue weighted by atomic mass is 19.2. The SMILES string of the molecule is CC(C)C(NCCN(C)C)C(O)c1ccc(F)c(F)c1. The highest BCUT2D eigenvalue weighted by Crippen LogP contribution is 2.23. The highest BCUT2D eigenvalue weighted by molar-refractivity contribution is 5.21. The first-order valence-electron chi connectivity index (χ1n) is 6.84. The lowest BCUT2D eigenvalue weighted by Gasteiger charge is -2.28. The summed E-state index contributed by atoms with van der Waals surface area (Å²) in [6.45, 7) is 5.52. The maximum Gasteiger partial charge on any atom is 0.159 e. The van der Waals surface area contributed by atoms with Gasteiger partial charge in [0, 0.05) is 19.1 Å². The van der Waals surface area contributed by atoms with Crippen LogP contribution >= 0.6 is 0 Å². The smallest absolute Gasteiger partial charge is 0.159 e. The molecule has 0 fully saturated rings. The van der Waals surface area contributed by atoms with Gasteiger partial charge in [0.05, 0.1) is 6.10 Å². The van der Waals surface area contributed by atoms with Gasteiger partial charge < -0.3 is 15.3 Å². The number of likely N-dealkylation sites (N-methyl/N-ethyl adjacent to an activating group) is 1. The number of rotatable bonds is 7. The van der Waals surface area contributed by atoms with Crippen molar-refractivity contribution in [1.82, 2.24) is 10.2 Å². The van der Waals surface area contributed by atoms with E-state index in [9.17, 15) is 13.9 Å². The lowest BCUT2D eigenvalue weighted by atomic mass is 9.93. The normalized spacial score (nSPS) is 14.8. The molecular weight excluding hydrogens is 262 g/mol. The summed E-state index contributed by atoms with van der Waals surface area (Å²) in [7, 11) is 3.94. The molecule has 20 heavy (non-hydrogen) atoms. The van der Waals surface area contributed by atoms with E-state index in [1.807, 2.05) is 32.8 Å². The predicted molar refractivity (Wildman–Crippen MR) is 76.5 cm³/mol. The molecule has 114 valence electrons. The Kier molecular flexibility index (Phi) is 6.52. The number of benzene rings is 1. The average Bonchev–Trinajstić information content (AvgIpc) is 2.36. The number of nitrogens with zero attached hydrogens (tertiary/aromatic N) is 1. The molecule has 0 heterocycles. The predicted octanol–water partition coefficient (Wildman–Crippen LogP) is 2.17. The fourth-order valence-electron chi connectivity index (χ4n) is 2.07. The zero-order valence-electron chi connectivity index (χ0n) is 12.5. The van der Waals surface area contributed by atoms with Crippen LogP contribution < -0.4 is 5.32 Å². The van der Waals surface area contributed by atoms with Crippen LogP contribution in [0, 0.1) is 17.6 Å². The third kappa shape index (κ3) is 4.81. The zero-order valence-corrected chi connectivity index (χ0v) is 12.5. The average molecular weight is 286 g/mol.